The van der Waals surface area contributed by atoms with E-state index in [2.05, 4.69) is 11.9 Å². The molecular weight excluding hydrogens is 204 g/mol. The molecule has 1 amide bonds. The molecule has 3 N–H and O–H groups in total. The highest BCUT2D eigenvalue weighted by atomic mass is 16.5. The smallest absolute Gasteiger partial charge is 0.223 e. The highest BCUT2D eigenvalue weighted by Gasteiger charge is 2.24. The SMILES string of the molecule is C=COCCCNC(=O)C1CCCC(N)C1. The number of hydrogen-bond acceptors (Lipinski definition) is 3. The quantitative estimate of drug-likeness (QED) is 0.528. The maximum atomic E-state index is 11.7. The second kappa shape index (κ2) is 7.28. The Morgan fingerprint density at radius 3 is 3.06 bits per heavy atom. The lowest BCUT2D eigenvalue weighted by Gasteiger charge is -2.25. The van der Waals surface area contributed by atoms with Gasteiger partial charge < -0.3 is 15.8 Å². The van der Waals surface area contributed by atoms with Gasteiger partial charge in [0.25, 0.3) is 0 Å². The van der Waals surface area contributed by atoms with Crippen LogP contribution < -0.4 is 11.1 Å². The fraction of sp³-hybridized carbons (Fsp3) is 0.750. The molecule has 0 radical (unpaired) electrons. The number of amides is 1. The lowest BCUT2D eigenvalue weighted by molar-refractivity contribution is -0.126. The number of nitrogens with one attached hydrogen (secondary N) is 1. The summed E-state index contributed by atoms with van der Waals surface area (Å²) in [5.74, 6) is 0.262. The van der Waals surface area contributed by atoms with Crippen LogP contribution in [0, 0.1) is 5.92 Å². The topological polar surface area (TPSA) is 64.3 Å². The Kier molecular flexibility index (Phi) is 5.93. The predicted octanol–water partition coefficient (Wildman–Crippen LogP) is 1.17. The van der Waals surface area contributed by atoms with Crippen molar-refractivity contribution < 1.29 is 9.53 Å². The molecule has 1 fully saturated rings. The summed E-state index contributed by atoms with van der Waals surface area (Å²) in [6.07, 6.45) is 6.16. The Hall–Kier alpha value is -1.03. The third kappa shape index (κ3) is 4.66. The first-order valence-corrected chi connectivity index (χ1v) is 6.00. The lowest BCUT2D eigenvalue weighted by atomic mass is 9.85. The van der Waals surface area contributed by atoms with Crippen molar-refractivity contribution in [1.29, 1.82) is 0 Å². The zero-order valence-corrected chi connectivity index (χ0v) is 9.78. The zero-order valence-electron chi connectivity index (χ0n) is 9.78. The standard InChI is InChI=1S/C12H22N2O2/c1-2-16-8-4-7-14-12(15)10-5-3-6-11(13)9-10/h2,10-11H,1,3-9,13H2,(H,14,15). The van der Waals surface area contributed by atoms with E-state index >= 15 is 0 Å². The molecule has 0 heterocycles. The fourth-order valence-electron chi connectivity index (χ4n) is 2.06. The summed E-state index contributed by atoms with van der Waals surface area (Å²) in [4.78, 5) is 11.7. The third-order valence-electron chi connectivity index (χ3n) is 2.94. The van der Waals surface area contributed by atoms with E-state index in [0.29, 0.717) is 13.2 Å². The second-order valence-electron chi connectivity index (χ2n) is 4.31. The van der Waals surface area contributed by atoms with Gasteiger partial charge in [-0.3, -0.25) is 4.79 Å². The van der Waals surface area contributed by atoms with Gasteiger partial charge in [0.1, 0.15) is 0 Å². The van der Waals surface area contributed by atoms with Crippen molar-refractivity contribution in [2.75, 3.05) is 13.2 Å². The van der Waals surface area contributed by atoms with Crippen molar-refractivity contribution in [3.8, 4) is 0 Å². The fourth-order valence-corrected chi connectivity index (χ4v) is 2.06. The number of carbonyl (C=O) groups excluding carboxylic acids is 1. The predicted molar refractivity (Wildman–Crippen MR) is 63.7 cm³/mol. The summed E-state index contributed by atoms with van der Waals surface area (Å²) in [5.41, 5.74) is 5.85. The molecule has 1 aliphatic rings. The summed E-state index contributed by atoms with van der Waals surface area (Å²) < 4.78 is 4.97. The molecule has 0 aliphatic heterocycles. The Bertz CT molecular complexity index is 231. The van der Waals surface area contributed by atoms with Crippen molar-refractivity contribution in [2.24, 2.45) is 11.7 Å². The number of nitrogens with two attached hydrogens (primary N) is 1. The molecule has 1 rings (SSSR count). The number of rotatable bonds is 6. The van der Waals surface area contributed by atoms with Gasteiger partial charge in [-0.2, -0.15) is 0 Å². The molecule has 92 valence electrons. The molecule has 0 aromatic carbocycles. The molecular formula is C12H22N2O2. The number of hydrogen-bond donors (Lipinski definition) is 2. The first-order valence-electron chi connectivity index (χ1n) is 6.00. The van der Waals surface area contributed by atoms with Crippen LogP contribution in [0.25, 0.3) is 0 Å². The van der Waals surface area contributed by atoms with Gasteiger partial charge in [-0.05, 0) is 25.7 Å². The number of ether oxygens (including phenoxy) is 1. The summed E-state index contributed by atoms with van der Waals surface area (Å²) in [7, 11) is 0. The summed E-state index contributed by atoms with van der Waals surface area (Å²) in [6, 6.07) is 0.202. The van der Waals surface area contributed by atoms with Crippen LogP contribution in [0.5, 0.6) is 0 Å². The average Bonchev–Trinajstić information content (AvgIpc) is 2.28. The minimum atomic E-state index is 0.115. The van der Waals surface area contributed by atoms with E-state index in [1.165, 1.54) is 6.26 Å². The van der Waals surface area contributed by atoms with E-state index < -0.39 is 0 Å². The monoisotopic (exact) mass is 226 g/mol. The van der Waals surface area contributed by atoms with E-state index in [1.807, 2.05) is 0 Å². The largest absolute Gasteiger partial charge is 0.502 e. The summed E-state index contributed by atoms with van der Waals surface area (Å²) in [5, 5.41) is 2.92. The first kappa shape index (κ1) is 13.0. The van der Waals surface area contributed by atoms with Gasteiger partial charge in [0.2, 0.25) is 5.91 Å². The van der Waals surface area contributed by atoms with Crippen LogP contribution in [0.1, 0.15) is 32.1 Å². The van der Waals surface area contributed by atoms with Crippen molar-refractivity contribution in [1.82, 2.24) is 5.32 Å². The average molecular weight is 226 g/mol. The Balaban J connectivity index is 2.11. The first-order chi connectivity index (χ1) is 7.74. The van der Waals surface area contributed by atoms with E-state index in [1.54, 1.807) is 0 Å². The van der Waals surface area contributed by atoms with Crippen LogP contribution in [-0.2, 0) is 9.53 Å². The highest BCUT2D eigenvalue weighted by molar-refractivity contribution is 5.78. The molecule has 0 aromatic rings. The molecule has 2 atom stereocenters. The van der Waals surface area contributed by atoms with Gasteiger partial charge in [-0.1, -0.05) is 13.0 Å². The van der Waals surface area contributed by atoms with Crippen LogP contribution in [-0.4, -0.2) is 25.1 Å². The van der Waals surface area contributed by atoms with Crippen LogP contribution in [0.3, 0.4) is 0 Å². The maximum absolute atomic E-state index is 11.7. The van der Waals surface area contributed by atoms with E-state index in [9.17, 15) is 4.79 Å². The van der Waals surface area contributed by atoms with Crippen LogP contribution in [0.4, 0.5) is 0 Å². The molecule has 1 saturated carbocycles. The number of carbonyl (C=O) groups is 1. The maximum Gasteiger partial charge on any atom is 0.223 e. The van der Waals surface area contributed by atoms with Crippen molar-refractivity contribution in [2.45, 2.75) is 38.1 Å². The van der Waals surface area contributed by atoms with Gasteiger partial charge in [0.15, 0.2) is 0 Å². The van der Waals surface area contributed by atoms with Gasteiger partial charge in [0.05, 0.1) is 12.9 Å². The minimum Gasteiger partial charge on any atom is -0.502 e. The molecule has 4 nitrogen and oxygen atoms in total. The molecule has 0 saturated heterocycles. The van der Waals surface area contributed by atoms with Gasteiger partial charge >= 0.3 is 0 Å². The Morgan fingerprint density at radius 1 is 1.56 bits per heavy atom. The van der Waals surface area contributed by atoms with E-state index in [4.69, 9.17) is 10.5 Å². The van der Waals surface area contributed by atoms with Crippen molar-refractivity contribution >= 4 is 5.91 Å². The van der Waals surface area contributed by atoms with E-state index in [-0.39, 0.29) is 17.9 Å². The minimum absolute atomic E-state index is 0.115. The summed E-state index contributed by atoms with van der Waals surface area (Å²) >= 11 is 0. The van der Waals surface area contributed by atoms with Crippen LogP contribution >= 0.6 is 0 Å². The molecule has 0 bridgehead atoms. The van der Waals surface area contributed by atoms with Crippen LogP contribution in [0.2, 0.25) is 0 Å². The Morgan fingerprint density at radius 2 is 2.38 bits per heavy atom. The Labute approximate surface area is 97.2 Å². The normalized spacial score (nSPS) is 24.8. The van der Waals surface area contributed by atoms with Gasteiger partial charge in [0, 0.05) is 18.5 Å². The molecule has 2 unspecified atom stereocenters. The highest BCUT2D eigenvalue weighted by Crippen LogP contribution is 2.22. The molecule has 0 aromatic heterocycles. The molecule has 4 heteroatoms. The zero-order chi connectivity index (χ0) is 11.8. The van der Waals surface area contributed by atoms with Crippen LogP contribution in [0.15, 0.2) is 12.8 Å². The summed E-state index contributed by atoms with van der Waals surface area (Å²) in [6.45, 7) is 4.72. The lowest BCUT2D eigenvalue weighted by Crippen LogP contribution is -2.38. The van der Waals surface area contributed by atoms with Gasteiger partial charge in [-0.15, -0.1) is 0 Å². The van der Waals surface area contributed by atoms with E-state index in [0.717, 1.165) is 32.1 Å². The molecule has 1 aliphatic carbocycles. The molecule has 16 heavy (non-hydrogen) atoms. The second-order valence-corrected chi connectivity index (χ2v) is 4.31. The van der Waals surface area contributed by atoms with Crippen molar-refractivity contribution in [3.63, 3.8) is 0 Å². The molecule has 0 spiro atoms. The third-order valence-corrected chi connectivity index (χ3v) is 2.94. The van der Waals surface area contributed by atoms with Crippen molar-refractivity contribution in [3.05, 3.63) is 12.8 Å². The van der Waals surface area contributed by atoms with Gasteiger partial charge in [-0.25, -0.2) is 0 Å².